The van der Waals surface area contributed by atoms with Crippen LogP contribution in [0, 0.1) is 34.5 Å². The van der Waals surface area contributed by atoms with Crippen molar-refractivity contribution in [1.82, 2.24) is 0 Å². The lowest BCUT2D eigenvalue weighted by atomic mass is 9.47. The predicted molar refractivity (Wildman–Crippen MR) is 134 cm³/mol. The summed E-state index contributed by atoms with van der Waals surface area (Å²) in [4.78, 5) is 0. The lowest BCUT2D eigenvalue weighted by molar-refractivity contribution is -0.0821. The molecule has 5 atom stereocenters. The third-order valence-electron chi connectivity index (χ3n) is 9.45. The number of nitrogens with two attached hydrogens (primary N) is 1. The molecule has 3 N–H and O–H groups in total. The summed E-state index contributed by atoms with van der Waals surface area (Å²) in [6.07, 6.45) is 13.5. The van der Waals surface area contributed by atoms with Gasteiger partial charge < -0.3 is 10.8 Å². The van der Waals surface area contributed by atoms with Gasteiger partial charge >= 0.3 is 0 Å². The number of fused-ring (bicyclic) bond motifs is 1. The third-order valence-corrected chi connectivity index (χ3v) is 9.45. The second-order valence-corrected chi connectivity index (χ2v) is 11.2. The molecule has 2 heteroatoms. The molecule has 3 aliphatic rings. The van der Waals surface area contributed by atoms with E-state index >= 15 is 0 Å². The predicted octanol–water partition coefficient (Wildman–Crippen LogP) is 7.97. The van der Waals surface area contributed by atoms with Gasteiger partial charge in [0.2, 0.25) is 0 Å². The number of hydrogen-bond donors (Lipinski definition) is 2. The average Bonchev–Trinajstić information content (AvgIpc) is 3.09. The van der Waals surface area contributed by atoms with Crippen molar-refractivity contribution in [1.29, 1.82) is 0 Å². The zero-order chi connectivity index (χ0) is 23.2. The minimum atomic E-state index is -0.0716. The Morgan fingerprint density at radius 2 is 1.43 bits per heavy atom. The number of rotatable bonds is 5. The van der Waals surface area contributed by atoms with E-state index in [0.29, 0.717) is 22.7 Å². The molecule has 0 aromatic heterocycles. The van der Waals surface area contributed by atoms with Gasteiger partial charge in [0.05, 0.1) is 6.10 Å². The highest BCUT2D eigenvalue weighted by Gasteiger charge is 2.61. The van der Waals surface area contributed by atoms with Crippen LogP contribution in [0.25, 0.3) is 0 Å². The molecule has 0 aromatic rings. The highest BCUT2D eigenvalue weighted by Crippen LogP contribution is 2.65. The van der Waals surface area contributed by atoms with Crippen molar-refractivity contribution in [3.8, 4) is 0 Å². The molecule has 0 radical (unpaired) electrons. The Morgan fingerprint density at radius 1 is 0.867 bits per heavy atom. The molecule has 2 nitrogen and oxygen atoms in total. The van der Waals surface area contributed by atoms with Gasteiger partial charge in [0.25, 0.3) is 0 Å². The maximum absolute atomic E-state index is 10.0. The molecular formula is C28H57NO. The monoisotopic (exact) mass is 423 g/mol. The van der Waals surface area contributed by atoms with Gasteiger partial charge in [0.1, 0.15) is 0 Å². The van der Waals surface area contributed by atoms with Gasteiger partial charge in [-0.2, -0.15) is 0 Å². The summed E-state index contributed by atoms with van der Waals surface area (Å²) in [5, 5.41) is 10.0. The molecule has 0 heterocycles. The molecule has 0 amide bonds. The first-order valence-corrected chi connectivity index (χ1v) is 13.6. The molecule has 3 fully saturated rings. The molecular weight excluding hydrogens is 366 g/mol. The van der Waals surface area contributed by atoms with Gasteiger partial charge in [-0.3, -0.25) is 0 Å². The van der Waals surface area contributed by atoms with Crippen molar-refractivity contribution in [3.63, 3.8) is 0 Å². The summed E-state index contributed by atoms with van der Waals surface area (Å²) in [6.45, 7) is 20.2. The fraction of sp³-hybridized carbons (Fsp3) is 1.00. The maximum atomic E-state index is 10.0. The minimum absolute atomic E-state index is 0.00335. The van der Waals surface area contributed by atoms with Gasteiger partial charge in [-0.25, -0.2) is 0 Å². The van der Waals surface area contributed by atoms with Gasteiger partial charge in [0.15, 0.2) is 0 Å². The smallest absolute Gasteiger partial charge is 0.0540 e. The molecule has 0 aromatic carbocycles. The van der Waals surface area contributed by atoms with Crippen molar-refractivity contribution in [2.45, 2.75) is 145 Å². The zero-order valence-electron chi connectivity index (χ0n) is 22.2. The fourth-order valence-corrected chi connectivity index (χ4v) is 7.65. The standard InChI is InChI=1S/C24H45NO.2C2H6/c1-6-24(25)20(22(4)14-11-19(26)12-15-22)13-16-23(5)18(8-7-17(2)3)9-10-21(23)24;2*1-2/h17-21,26H,6-16,25H2,1-5H3;2*1-2H3. The largest absolute Gasteiger partial charge is 0.393 e. The summed E-state index contributed by atoms with van der Waals surface area (Å²) in [6, 6.07) is 0. The number of aliphatic hydroxyl groups is 1. The van der Waals surface area contributed by atoms with Gasteiger partial charge in [0, 0.05) is 5.54 Å². The Morgan fingerprint density at radius 3 is 1.93 bits per heavy atom. The van der Waals surface area contributed by atoms with E-state index in [9.17, 15) is 5.11 Å². The number of aliphatic hydroxyl groups excluding tert-OH is 1. The Labute approximate surface area is 190 Å². The van der Waals surface area contributed by atoms with Crippen molar-refractivity contribution in [2.75, 3.05) is 0 Å². The van der Waals surface area contributed by atoms with Gasteiger partial charge in [-0.05, 0) is 98.7 Å². The van der Waals surface area contributed by atoms with E-state index < -0.39 is 0 Å². The van der Waals surface area contributed by atoms with Gasteiger partial charge in [-0.1, -0.05) is 68.7 Å². The SMILES string of the molecule is CC.CC.CCC1(N)C(C2(C)CCC(O)CC2)CCC2(C)C(CCC(C)C)CCC21. The van der Waals surface area contributed by atoms with E-state index in [0.717, 1.165) is 43.9 Å². The lowest BCUT2D eigenvalue weighted by Gasteiger charge is -2.60. The molecule has 0 aliphatic heterocycles. The Hall–Kier alpha value is -0.0800. The second kappa shape index (κ2) is 11.7. The van der Waals surface area contributed by atoms with E-state index in [-0.39, 0.29) is 11.6 Å². The molecule has 0 bridgehead atoms. The fourth-order valence-electron chi connectivity index (χ4n) is 7.65. The average molecular weight is 424 g/mol. The van der Waals surface area contributed by atoms with Crippen LogP contribution in [0.3, 0.4) is 0 Å². The van der Waals surface area contributed by atoms with Crippen LogP contribution in [0.5, 0.6) is 0 Å². The van der Waals surface area contributed by atoms with Crippen LogP contribution in [0.1, 0.15) is 133 Å². The van der Waals surface area contributed by atoms with Crippen molar-refractivity contribution in [3.05, 3.63) is 0 Å². The normalized spacial score (nSPS) is 43.2. The molecule has 180 valence electrons. The zero-order valence-corrected chi connectivity index (χ0v) is 22.2. The van der Waals surface area contributed by atoms with Crippen molar-refractivity contribution < 1.29 is 5.11 Å². The van der Waals surface area contributed by atoms with Gasteiger partial charge in [-0.15, -0.1) is 0 Å². The quantitative estimate of drug-likeness (QED) is 0.471. The molecule has 0 spiro atoms. The van der Waals surface area contributed by atoms with Crippen LogP contribution in [0.15, 0.2) is 0 Å². The second-order valence-electron chi connectivity index (χ2n) is 11.2. The van der Waals surface area contributed by atoms with E-state index in [1.54, 1.807) is 0 Å². The molecule has 5 unspecified atom stereocenters. The molecule has 3 saturated carbocycles. The first kappa shape index (κ1) is 28.0. The van der Waals surface area contributed by atoms with Crippen LogP contribution < -0.4 is 5.73 Å². The highest BCUT2D eigenvalue weighted by molar-refractivity contribution is 5.14. The Balaban J connectivity index is 0.00000106. The summed E-state index contributed by atoms with van der Waals surface area (Å²) >= 11 is 0. The van der Waals surface area contributed by atoms with Crippen molar-refractivity contribution in [2.24, 2.45) is 40.2 Å². The molecule has 30 heavy (non-hydrogen) atoms. The summed E-state index contributed by atoms with van der Waals surface area (Å²) in [7, 11) is 0. The highest BCUT2D eigenvalue weighted by atomic mass is 16.3. The molecule has 0 saturated heterocycles. The first-order chi connectivity index (χ1) is 14.2. The van der Waals surface area contributed by atoms with Crippen molar-refractivity contribution >= 4 is 0 Å². The first-order valence-electron chi connectivity index (χ1n) is 13.6. The molecule has 3 aliphatic carbocycles. The van der Waals surface area contributed by atoms with Crippen LogP contribution >= 0.6 is 0 Å². The van der Waals surface area contributed by atoms with Crippen LogP contribution in [-0.2, 0) is 0 Å². The lowest BCUT2D eigenvalue weighted by Crippen LogP contribution is -2.64. The third kappa shape index (κ3) is 5.45. The summed E-state index contributed by atoms with van der Waals surface area (Å²) in [5.41, 5.74) is 8.17. The van der Waals surface area contributed by atoms with Crippen LogP contribution in [-0.4, -0.2) is 16.7 Å². The molecule has 3 rings (SSSR count). The summed E-state index contributed by atoms with van der Waals surface area (Å²) < 4.78 is 0. The van der Waals surface area contributed by atoms with E-state index in [2.05, 4.69) is 34.6 Å². The van der Waals surface area contributed by atoms with Crippen LogP contribution in [0.2, 0.25) is 0 Å². The van der Waals surface area contributed by atoms with Crippen LogP contribution in [0.4, 0.5) is 0 Å². The van der Waals surface area contributed by atoms with E-state index in [1.807, 2.05) is 27.7 Å². The van der Waals surface area contributed by atoms with E-state index in [4.69, 9.17) is 5.73 Å². The summed E-state index contributed by atoms with van der Waals surface area (Å²) in [5.74, 6) is 3.02. The Kier molecular flexibility index (Phi) is 10.9. The topological polar surface area (TPSA) is 46.2 Å². The Bertz CT molecular complexity index is 481. The minimum Gasteiger partial charge on any atom is -0.393 e. The number of hydrogen-bond acceptors (Lipinski definition) is 2. The van der Waals surface area contributed by atoms with E-state index in [1.165, 1.54) is 38.5 Å². The maximum Gasteiger partial charge on any atom is 0.0540 e.